The smallest absolute Gasteiger partial charge is 0.338 e. The van der Waals surface area contributed by atoms with Gasteiger partial charge < -0.3 is 15.0 Å². The maximum Gasteiger partial charge on any atom is 0.338 e. The summed E-state index contributed by atoms with van der Waals surface area (Å²) in [5.74, 6) is -0.997. The molecule has 7 heteroatoms. The van der Waals surface area contributed by atoms with Crippen molar-refractivity contribution in [2.45, 2.75) is 20.8 Å². The number of carbonyl (C=O) groups excluding carboxylic acids is 3. The van der Waals surface area contributed by atoms with Gasteiger partial charge in [0.05, 0.1) is 12.2 Å². The molecule has 0 spiro atoms. The number of carbonyl (C=O) groups is 3. The van der Waals surface area contributed by atoms with Crippen molar-refractivity contribution in [3.05, 3.63) is 59.4 Å². The number of hydrogen-bond donors (Lipinski definition) is 1. The summed E-state index contributed by atoms with van der Waals surface area (Å²) in [6.07, 6.45) is 1.44. The molecule has 1 N–H and O–H groups in total. The van der Waals surface area contributed by atoms with Gasteiger partial charge >= 0.3 is 5.97 Å². The first kappa shape index (κ1) is 20.1. The summed E-state index contributed by atoms with van der Waals surface area (Å²) in [6.45, 7) is 7.01. The zero-order chi connectivity index (χ0) is 19.8. The first-order valence-electron chi connectivity index (χ1n) is 8.84. The number of benzene rings is 1. The lowest BCUT2D eigenvalue weighted by Gasteiger charge is -2.18. The number of rotatable bonds is 7. The van der Waals surface area contributed by atoms with E-state index in [1.165, 1.54) is 12.3 Å². The van der Waals surface area contributed by atoms with Gasteiger partial charge in [-0.05, 0) is 57.2 Å². The van der Waals surface area contributed by atoms with Gasteiger partial charge in [-0.1, -0.05) is 0 Å². The maximum absolute atomic E-state index is 12.4. The molecule has 27 heavy (non-hydrogen) atoms. The fourth-order valence-electron chi connectivity index (χ4n) is 2.48. The third-order valence-corrected chi connectivity index (χ3v) is 3.94. The van der Waals surface area contributed by atoms with Crippen LogP contribution in [0.4, 0.5) is 5.69 Å². The van der Waals surface area contributed by atoms with Crippen molar-refractivity contribution in [3.8, 4) is 0 Å². The lowest BCUT2D eigenvalue weighted by molar-refractivity contribution is 0.0526. The van der Waals surface area contributed by atoms with E-state index in [2.05, 4.69) is 10.3 Å². The van der Waals surface area contributed by atoms with E-state index in [1.807, 2.05) is 13.8 Å². The van der Waals surface area contributed by atoms with Gasteiger partial charge in [-0.3, -0.25) is 14.6 Å². The van der Waals surface area contributed by atoms with E-state index in [0.717, 1.165) is 0 Å². The standard InChI is InChI=1S/C20H23N3O4/c1-4-23(5-2)19(25)15-11-12-21-17(13-15)18(24)22-16-9-7-14(8-10-16)20(26)27-6-3/h7-13H,4-6H2,1-3H3,(H,22,24). The van der Waals surface area contributed by atoms with Gasteiger partial charge in [-0.25, -0.2) is 4.79 Å². The molecule has 0 aliphatic carbocycles. The average molecular weight is 369 g/mol. The fraction of sp³-hybridized carbons (Fsp3) is 0.300. The molecule has 0 radical (unpaired) electrons. The van der Waals surface area contributed by atoms with E-state index in [0.29, 0.717) is 36.5 Å². The number of pyridine rings is 1. The highest BCUT2D eigenvalue weighted by atomic mass is 16.5. The minimum atomic E-state index is -0.437. The number of anilines is 1. The number of aromatic nitrogens is 1. The van der Waals surface area contributed by atoms with Gasteiger partial charge in [0.25, 0.3) is 11.8 Å². The number of nitrogens with one attached hydrogen (secondary N) is 1. The summed E-state index contributed by atoms with van der Waals surface area (Å²) in [7, 11) is 0. The van der Waals surface area contributed by atoms with Gasteiger partial charge in [0.15, 0.2) is 0 Å². The summed E-state index contributed by atoms with van der Waals surface area (Å²) in [4.78, 5) is 42.2. The van der Waals surface area contributed by atoms with Crippen molar-refractivity contribution in [1.82, 2.24) is 9.88 Å². The monoisotopic (exact) mass is 369 g/mol. The molecular formula is C20H23N3O4. The minimum absolute atomic E-state index is 0.141. The Morgan fingerprint density at radius 3 is 2.26 bits per heavy atom. The van der Waals surface area contributed by atoms with E-state index in [4.69, 9.17) is 4.74 Å². The lowest BCUT2D eigenvalue weighted by atomic mass is 10.1. The van der Waals surface area contributed by atoms with Crippen LogP contribution >= 0.6 is 0 Å². The predicted octanol–water partition coefficient (Wildman–Crippen LogP) is 2.99. The van der Waals surface area contributed by atoms with Crippen molar-refractivity contribution < 1.29 is 19.1 Å². The first-order chi connectivity index (χ1) is 13.0. The Morgan fingerprint density at radius 1 is 1.00 bits per heavy atom. The Bertz CT molecular complexity index is 814. The zero-order valence-corrected chi connectivity index (χ0v) is 15.7. The minimum Gasteiger partial charge on any atom is -0.462 e. The third-order valence-electron chi connectivity index (χ3n) is 3.94. The molecule has 1 aromatic heterocycles. The molecule has 2 amide bonds. The van der Waals surface area contributed by atoms with Gasteiger partial charge in [0.1, 0.15) is 5.69 Å². The van der Waals surface area contributed by atoms with Crippen LogP contribution in [-0.4, -0.2) is 47.4 Å². The molecule has 0 fully saturated rings. The molecule has 0 atom stereocenters. The van der Waals surface area contributed by atoms with Crippen molar-refractivity contribution in [3.63, 3.8) is 0 Å². The highest BCUT2D eigenvalue weighted by molar-refractivity contribution is 6.05. The molecule has 0 aliphatic heterocycles. The van der Waals surface area contributed by atoms with E-state index < -0.39 is 11.9 Å². The molecule has 0 saturated carbocycles. The molecule has 1 heterocycles. The van der Waals surface area contributed by atoms with Crippen LogP contribution < -0.4 is 5.32 Å². The van der Waals surface area contributed by atoms with Crippen LogP contribution in [0.15, 0.2) is 42.6 Å². The molecule has 0 unspecified atom stereocenters. The van der Waals surface area contributed by atoms with Crippen molar-refractivity contribution in [2.24, 2.45) is 0 Å². The molecular weight excluding hydrogens is 346 g/mol. The van der Waals surface area contributed by atoms with E-state index in [9.17, 15) is 14.4 Å². The largest absolute Gasteiger partial charge is 0.462 e. The van der Waals surface area contributed by atoms with Crippen LogP contribution in [0.3, 0.4) is 0 Å². The SMILES string of the molecule is CCOC(=O)c1ccc(NC(=O)c2cc(C(=O)N(CC)CC)ccn2)cc1. The number of esters is 1. The second kappa shape index (κ2) is 9.47. The second-order valence-corrected chi connectivity index (χ2v) is 5.66. The quantitative estimate of drug-likeness (QED) is 0.758. The summed E-state index contributed by atoms with van der Waals surface area (Å²) in [5.41, 5.74) is 1.47. The van der Waals surface area contributed by atoms with Gasteiger partial charge in [0.2, 0.25) is 0 Å². The molecule has 2 aromatic rings. The Kier molecular flexibility index (Phi) is 7.05. The number of amides is 2. The van der Waals surface area contributed by atoms with Crippen molar-refractivity contribution >= 4 is 23.5 Å². The normalized spacial score (nSPS) is 10.2. The Hall–Kier alpha value is -3.22. The topological polar surface area (TPSA) is 88.6 Å². The Morgan fingerprint density at radius 2 is 1.67 bits per heavy atom. The Balaban J connectivity index is 2.11. The summed E-state index contributed by atoms with van der Waals surface area (Å²) in [6, 6.07) is 9.42. The van der Waals surface area contributed by atoms with Crippen LogP contribution in [0.2, 0.25) is 0 Å². The third kappa shape index (κ3) is 5.13. The van der Waals surface area contributed by atoms with Crippen LogP contribution in [0, 0.1) is 0 Å². The fourth-order valence-corrected chi connectivity index (χ4v) is 2.48. The van der Waals surface area contributed by atoms with Crippen molar-refractivity contribution in [2.75, 3.05) is 25.0 Å². The van der Waals surface area contributed by atoms with E-state index in [1.54, 1.807) is 42.2 Å². The summed E-state index contributed by atoms with van der Waals surface area (Å²) < 4.78 is 4.92. The van der Waals surface area contributed by atoms with Gasteiger partial charge in [0, 0.05) is 30.5 Å². The molecule has 2 rings (SSSR count). The van der Waals surface area contributed by atoms with Crippen LogP contribution in [0.5, 0.6) is 0 Å². The van der Waals surface area contributed by atoms with Crippen molar-refractivity contribution in [1.29, 1.82) is 0 Å². The first-order valence-corrected chi connectivity index (χ1v) is 8.84. The lowest BCUT2D eigenvalue weighted by Crippen LogP contribution is -2.30. The number of hydrogen-bond acceptors (Lipinski definition) is 5. The average Bonchev–Trinajstić information content (AvgIpc) is 2.69. The molecule has 1 aromatic carbocycles. The zero-order valence-electron chi connectivity index (χ0n) is 15.7. The van der Waals surface area contributed by atoms with Crippen LogP contribution in [0.25, 0.3) is 0 Å². The highest BCUT2D eigenvalue weighted by Gasteiger charge is 2.16. The summed E-state index contributed by atoms with van der Waals surface area (Å²) >= 11 is 0. The van der Waals surface area contributed by atoms with Gasteiger partial charge in [-0.2, -0.15) is 0 Å². The second-order valence-electron chi connectivity index (χ2n) is 5.66. The number of ether oxygens (including phenoxy) is 1. The van der Waals surface area contributed by atoms with Crippen LogP contribution in [-0.2, 0) is 4.74 Å². The maximum atomic E-state index is 12.4. The molecule has 7 nitrogen and oxygen atoms in total. The molecule has 0 aliphatic rings. The van der Waals surface area contributed by atoms with E-state index in [-0.39, 0.29) is 11.6 Å². The van der Waals surface area contributed by atoms with E-state index >= 15 is 0 Å². The summed E-state index contributed by atoms with van der Waals surface area (Å²) in [5, 5.41) is 2.70. The molecule has 0 saturated heterocycles. The van der Waals surface area contributed by atoms with Crippen LogP contribution in [0.1, 0.15) is 52.0 Å². The highest BCUT2D eigenvalue weighted by Crippen LogP contribution is 2.13. The Labute approximate surface area is 158 Å². The molecule has 0 bridgehead atoms. The predicted molar refractivity (Wildman–Crippen MR) is 102 cm³/mol. The number of nitrogens with zero attached hydrogens (tertiary/aromatic N) is 2. The molecule has 142 valence electrons. The van der Waals surface area contributed by atoms with Gasteiger partial charge in [-0.15, -0.1) is 0 Å².